The Hall–Kier alpha value is -3.73. The molecule has 0 spiro atoms. The number of aliphatic hydroxyl groups is 1. The van der Waals surface area contributed by atoms with Gasteiger partial charge in [-0.3, -0.25) is 14.5 Å². The molecule has 1 fully saturated rings. The van der Waals surface area contributed by atoms with E-state index in [0.29, 0.717) is 38.6 Å². The second-order valence-electron chi connectivity index (χ2n) is 8.86. The van der Waals surface area contributed by atoms with Gasteiger partial charge in [0.2, 0.25) is 5.13 Å². The van der Waals surface area contributed by atoms with E-state index < -0.39 is 17.7 Å². The van der Waals surface area contributed by atoms with Crippen LogP contribution in [-0.4, -0.2) is 33.6 Å². The summed E-state index contributed by atoms with van der Waals surface area (Å²) in [5, 5.41) is 20.4. The van der Waals surface area contributed by atoms with Gasteiger partial charge in [-0.25, -0.2) is 4.39 Å². The minimum atomic E-state index is -0.969. The monoisotopic (exact) mass is 595 g/mol. The number of aliphatic hydroxyl groups excluding tert-OH is 1. The van der Waals surface area contributed by atoms with E-state index in [1.165, 1.54) is 28.8 Å². The molecule has 0 radical (unpaired) electrons. The van der Waals surface area contributed by atoms with Gasteiger partial charge < -0.3 is 9.84 Å². The summed E-state index contributed by atoms with van der Waals surface area (Å²) in [6, 6.07) is 18.6. The zero-order valence-corrected chi connectivity index (χ0v) is 23.6. The van der Waals surface area contributed by atoms with E-state index in [1.807, 2.05) is 6.92 Å². The first kappa shape index (κ1) is 27.8. The molecule has 5 rings (SSSR count). The van der Waals surface area contributed by atoms with Crippen molar-refractivity contribution in [2.24, 2.45) is 0 Å². The van der Waals surface area contributed by atoms with Crippen molar-refractivity contribution in [3.8, 4) is 5.75 Å². The molecule has 1 amide bonds. The molecular weight excluding hydrogens is 573 g/mol. The number of halogens is 2. The number of nitrogens with zero attached hydrogens (tertiary/aromatic N) is 3. The second-order valence-corrected chi connectivity index (χ2v) is 11.5. The van der Waals surface area contributed by atoms with Crippen LogP contribution >= 0.6 is 34.7 Å². The Morgan fingerprint density at radius 3 is 2.58 bits per heavy atom. The summed E-state index contributed by atoms with van der Waals surface area (Å²) >= 11 is 8.55. The number of rotatable bonds is 9. The highest BCUT2D eigenvalue weighted by molar-refractivity contribution is 8.00. The van der Waals surface area contributed by atoms with Gasteiger partial charge in [0.1, 0.15) is 17.3 Å². The van der Waals surface area contributed by atoms with Crippen LogP contribution in [0.5, 0.6) is 5.75 Å². The number of aromatic nitrogens is 2. The molecule has 3 aromatic carbocycles. The average Bonchev–Trinajstić information content (AvgIpc) is 3.53. The van der Waals surface area contributed by atoms with Crippen LogP contribution < -0.4 is 9.64 Å². The molecular formula is C29H23ClFN3O4S2. The van der Waals surface area contributed by atoms with Crippen molar-refractivity contribution in [3.05, 3.63) is 106 Å². The molecule has 7 nitrogen and oxygen atoms in total. The fourth-order valence-corrected chi connectivity index (χ4v) is 6.14. The topological polar surface area (TPSA) is 92.6 Å². The highest BCUT2D eigenvalue weighted by atomic mass is 35.5. The molecule has 4 aromatic rings. The summed E-state index contributed by atoms with van der Waals surface area (Å²) in [6.07, 6.45) is 0.808. The number of ketones is 1. The highest BCUT2D eigenvalue weighted by Crippen LogP contribution is 2.44. The SMILES string of the molecule is CCCOc1cccc(C2C(=C(O)c3ccc(Cl)cc3)C(=O)C(=O)N2c2nnc(SCc3ccc(F)cc3)s2)c1. The van der Waals surface area contributed by atoms with E-state index in [-0.39, 0.29) is 22.3 Å². The molecule has 1 saturated heterocycles. The number of hydrogen-bond donors (Lipinski definition) is 1. The first-order valence-electron chi connectivity index (χ1n) is 12.4. The van der Waals surface area contributed by atoms with Crippen molar-refractivity contribution in [2.75, 3.05) is 11.5 Å². The van der Waals surface area contributed by atoms with Crippen molar-refractivity contribution >= 4 is 57.3 Å². The smallest absolute Gasteiger partial charge is 0.301 e. The van der Waals surface area contributed by atoms with Gasteiger partial charge in [0.05, 0.1) is 18.2 Å². The Kier molecular flexibility index (Phi) is 8.49. The number of benzene rings is 3. The largest absolute Gasteiger partial charge is 0.507 e. The maximum atomic E-state index is 13.4. The van der Waals surface area contributed by atoms with Crippen LogP contribution in [-0.2, 0) is 15.3 Å². The standard InChI is InChI=1S/C29H23ClFN3O4S2/c1-2-14-38-22-5-3-4-19(15-22)24-23(25(35)18-8-10-20(30)11-9-18)26(36)27(37)34(24)28-32-33-29(40-28)39-16-17-6-12-21(31)13-7-17/h3-13,15,24,35H,2,14,16H2,1H3. The molecule has 2 heterocycles. The van der Waals surface area contributed by atoms with Crippen LogP contribution in [0.2, 0.25) is 5.02 Å². The molecule has 0 saturated carbocycles. The van der Waals surface area contributed by atoms with Gasteiger partial charge >= 0.3 is 5.91 Å². The Morgan fingerprint density at radius 2 is 1.85 bits per heavy atom. The van der Waals surface area contributed by atoms with Crippen LogP contribution in [0.15, 0.2) is 82.7 Å². The van der Waals surface area contributed by atoms with Crippen molar-refractivity contribution in [2.45, 2.75) is 29.5 Å². The van der Waals surface area contributed by atoms with Crippen LogP contribution in [0.1, 0.15) is 36.1 Å². The summed E-state index contributed by atoms with van der Waals surface area (Å²) in [7, 11) is 0. The molecule has 1 aliphatic rings. The predicted molar refractivity (Wildman–Crippen MR) is 154 cm³/mol. The number of hydrogen-bond acceptors (Lipinski definition) is 8. The van der Waals surface area contributed by atoms with Gasteiger partial charge in [-0.05, 0) is 66.1 Å². The fourth-order valence-electron chi connectivity index (χ4n) is 4.19. The summed E-state index contributed by atoms with van der Waals surface area (Å²) in [6.45, 7) is 2.49. The van der Waals surface area contributed by atoms with Gasteiger partial charge in [0.15, 0.2) is 4.34 Å². The molecule has 0 bridgehead atoms. The number of carbonyl (C=O) groups excluding carboxylic acids is 2. The van der Waals surface area contributed by atoms with E-state index in [1.54, 1.807) is 60.7 Å². The number of anilines is 1. The zero-order valence-electron chi connectivity index (χ0n) is 21.2. The van der Waals surface area contributed by atoms with Gasteiger partial charge in [-0.2, -0.15) is 0 Å². The molecule has 1 N–H and O–H groups in total. The Bertz CT molecular complexity index is 1570. The lowest BCUT2D eigenvalue weighted by Gasteiger charge is -2.23. The first-order chi connectivity index (χ1) is 19.4. The third-order valence-electron chi connectivity index (χ3n) is 6.09. The molecule has 1 unspecified atom stereocenters. The summed E-state index contributed by atoms with van der Waals surface area (Å²) in [5.74, 6) is -1.21. The van der Waals surface area contributed by atoms with Gasteiger partial charge in [-0.15, -0.1) is 10.2 Å². The number of amides is 1. The molecule has 1 aromatic heterocycles. The number of carbonyl (C=O) groups is 2. The molecule has 11 heteroatoms. The third-order valence-corrected chi connectivity index (χ3v) is 8.47. The Balaban J connectivity index is 1.54. The second kappa shape index (κ2) is 12.2. The van der Waals surface area contributed by atoms with E-state index in [9.17, 15) is 19.1 Å². The van der Waals surface area contributed by atoms with E-state index in [0.717, 1.165) is 23.3 Å². The van der Waals surface area contributed by atoms with Crippen LogP contribution in [0, 0.1) is 5.82 Å². The van der Waals surface area contributed by atoms with Gasteiger partial charge in [-0.1, -0.05) is 65.9 Å². The summed E-state index contributed by atoms with van der Waals surface area (Å²) in [5.41, 5.74) is 1.74. The molecule has 0 aliphatic carbocycles. The van der Waals surface area contributed by atoms with Gasteiger partial charge in [0.25, 0.3) is 5.78 Å². The quantitative estimate of drug-likeness (QED) is 0.0729. The van der Waals surface area contributed by atoms with Crippen LogP contribution in [0.4, 0.5) is 9.52 Å². The minimum absolute atomic E-state index is 0.0734. The van der Waals surface area contributed by atoms with Crippen molar-refractivity contribution in [1.29, 1.82) is 0 Å². The van der Waals surface area contributed by atoms with Crippen molar-refractivity contribution < 1.29 is 23.8 Å². The molecule has 40 heavy (non-hydrogen) atoms. The van der Waals surface area contributed by atoms with Crippen LogP contribution in [0.3, 0.4) is 0 Å². The Labute approximate surface area is 243 Å². The van der Waals surface area contributed by atoms with Crippen molar-refractivity contribution in [3.63, 3.8) is 0 Å². The lowest BCUT2D eigenvalue weighted by Crippen LogP contribution is -2.29. The number of Topliss-reactive ketones (excluding diaryl/α,β-unsaturated/α-hetero) is 1. The third kappa shape index (κ3) is 5.89. The number of ether oxygens (including phenoxy) is 1. The lowest BCUT2D eigenvalue weighted by molar-refractivity contribution is -0.132. The molecule has 1 atom stereocenters. The maximum absolute atomic E-state index is 13.4. The fraction of sp³-hybridized carbons (Fsp3) is 0.172. The normalized spacial score (nSPS) is 16.5. The van der Waals surface area contributed by atoms with E-state index in [2.05, 4.69) is 10.2 Å². The van der Waals surface area contributed by atoms with E-state index in [4.69, 9.17) is 16.3 Å². The maximum Gasteiger partial charge on any atom is 0.301 e. The first-order valence-corrected chi connectivity index (χ1v) is 14.5. The minimum Gasteiger partial charge on any atom is -0.507 e. The molecule has 1 aliphatic heterocycles. The van der Waals surface area contributed by atoms with Crippen molar-refractivity contribution in [1.82, 2.24) is 10.2 Å². The van der Waals surface area contributed by atoms with Gasteiger partial charge in [0, 0.05) is 16.3 Å². The highest BCUT2D eigenvalue weighted by Gasteiger charge is 2.48. The summed E-state index contributed by atoms with van der Waals surface area (Å²) in [4.78, 5) is 28.1. The zero-order chi connectivity index (χ0) is 28.2. The lowest BCUT2D eigenvalue weighted by atomic mass is 9.95. The predicted octanol–water partition coefficient (Wildman–Crippen LogP) is 7.04. The van der Waals surface area contributed by atoms with Crippen LogP contribution in [0.25, 0.3) is 5.76 Å². The average molecular weight is 596 g/mol. The Morgan fingerprint density at radius 1 is 1.10 bits per heavy atom. The summed E-state index contributed by atoms with van der Waals surface area (Å²) < 4.78 is 19.6. The van der Waals surface area contributed by atoms with E-state index >= 15 is 0 Å². The number of thioether (sulfide) groups is 1. The molecule has 204 valence electrons.